The van der Waals surface area contributed by atoms with E-state index in [9.17, 15) is 13.2 Å². The maximum absolute atomic E-state index is 13.1. The van der Waals surface area contributed by atoms with Gasteiger partial charge in [0.1, 0.15) is 0 Å². The third-order valence-electron chi connectivity index (χ3n) is 4.45. The van der Waals surface area contributed by atoms with Gasteiger partial charge in [-0.15, -0.1) is 0 Å². The summed E-state index contributed by atoms with van der Waals surface area (Å²) < 4.78 is 39.3. The second-order valence-corrected chi connectivity index (χ2v) is 7.05. The fraction of sp³-hybridized carbons (Fsp3) is 0.647. The predicted molar refractivity (Wildman–Crippen MR) is 80.3 cm³/mol. The lowest BCUT2D eigenvalue weighted by atomic mass is 9.69. The monoisotopic (exact) mass is 299 g/mol. The second-order valence-electron chi connectivity index (χ2n) is 7.05. The van der Waals surface area contributed by atoms with E-state index in [-0.39, 0.29) is 17.1 Å². The zero-order valence-electron chi connectivity index (χ0n) is 12.9. The molecule has 1 aromatic rings. The second kappa shape index (κ2) is 5.90. The number of hydrogen-bond donors (Lipinski definition) is 1. The van der Waals surface area contributed by atoms with E-state index in [0.29, 0.717) is 5.92 Å². The molecule has 2 unspecified atom stereocenters. The van der Waals surface area contributed by atoms with Crippen molar-refractivity contribution in [1.29, 1.82) is 0 Å². The van der Waals surface area contributed by atoms with Gasteiger partial charge in [-0.05, 0) is 36.3 Å². The van der Waals surface area contributed by atoms with Gasteiger partial charge in [-0.25, -0.2) is 0 Å². The molecule has 1 aliphatic carbocycles. The number of hydrogen-bond acceptors (Lipinski definition) is 1. The van der Waals surface area contributed by atoms with E-state index >= 15 is 0 Å². The minimum Gasteiger partial charge on any atom is -0.382 e. The van der Waals surface area contributed by atoms with E-state index in [1.807, 2.05) is 0 Å². The predicted octanol–water partition coefficient (Wildman–Crippen LogP) is 5.72. The molecule has 1 fully saturated rings. The van der Waals surface area contributed by atoms with Crippen LogP contribution in [0.5, 0.6) is 0 Å². The van der Waals surface area contributed by atoms with Gasteiger partial charge in [-0.1, -0.05) is 45.7 Å². The molecule has 0 saturated heterocycles. The minimum atomic E-state index is -4.31. The highest BCUT2D eigenvalue weighted by molar-refractivity contribution is 5.53. The highest BCUT2D eigenvalue weighted by Crippen LogP contribution is 2.41. The van der Waals surface area contributed by atoms with Crippen LogP contribution in [0.2, 0.25) is 0 Å². The summed E-state index contributed by atoms with van der Waals surface area (Å²) in [4.78, 5) is 0. The van der Waals surface area contributed by atoms with Crippen LogP contribution in [0.3, 0.4) is 0 Å². The molecule has 1 aliphatic rings. The van der Waals surface area contributed by atoms with E-state index in [2.05, 4.69) is 26.1 Å². The molecule has 1 aromatic carbocycles. The number of rotatable bonds is 2. The Balaban J connectivity index is 2.24. The highest BCUT2D eigenvalue weighted by Gasteiger charge is 2.37. The van der Waals surface area contributed by atoms with Gasteiger partial charge in [-0.3, -0.25) is 0 Å². The molecule has 1 nitrogen and oxygen atoms in total. The molecule has 2 rings (SSSR count). The number of nitrogens with one attached hydrogen (secondary N) is 1. The first-order valence-electron chi connectivity index (χ1n) is 7.62. The van der Waals surface area contributed by atoms with Crippen molar-refractivity contribution < 1.29 is 13.2 Å². The van der Waals surface area contributed by atoms with Crippen molar-refractivity contribution in [2.24, 2.45) is 11.3 Å². The molecular formula is C17H24F3N. The van der Waals surface area contributed by atoms with E-state index in [0.717, 1.165) is 25.3 Å². The first-order valence-corrected chi connectivity index (χ1v) is 7.62. The molecule has 0 aromatic heterocycles. The van der Waals surface area contributed by atoms with E-state index in [4.69, 9.17) is 0 Å². The Kier molecular flexibility index (Phi) is 4.54. The van der Waals surface area contributed by atoms with Gasteiger partial charge < -0.3 is 5.32 Å². The van der Waals surface area contributed by atoms with Crippen molar-refractivity contribution in [1.82, 2.24) is 0 Å². The third-order valence-corrected chi connectivity index (χ3v) is 4.45. The summed E-state index contributed by atoms with van der Waals surface area (Å²) in [5, 5.41) is 3.19. The van der Waals surface area contributed by atoms with Crippen molar-refractivity contribution in [3.8, 4) is 0 Å². The van der Waals surface area contributed by atoms with Crippen LogP contribution < -0.4 is 5.32 Å². The molecule has 0 heterocycles. The van der Waals surface area contributed by atoms with Gasteiger partial charge in [0, 0.05) is 11.7 Å². The lowest BCUT2D eigenvalue weighted by molar-refractivity contribution is -0.137. The molecule has 1 N–H and O–H groups in total. The lowest BCUT2D eigenvalue weighted by Crippen LogP contribution is -2.40. The summed E-state index contributed by atoms with van der Waals surface area (Å²) in [7, 11) is 0. The third kappa shape index (κ3) is 3.92. The molecular weight excluding hydrogens is 275 g/mol. The summed E-state index contributed by atoms with van der Waals surface area (Å²) in [6.07, 6.45) is -0.0432. The van der Waals surface area contributed by atoms with Gasteiger partial charge in [0.15, 0.2) is 0 Å². The lowest BCUT2D eigenvalue weighted by Gasteiger charge is -2.41. The van der Waals surface area contributed by atoms with Crippen molar-refractivity contribution in [2.45, 2.75) is 58.7 Å². The normalized spacial score (nSPS) is 23.9. The average Bonchev–Trinajstić information content (AvgIpc) is 2.37. The first kappa shape index (κ1) is 16.2. The summed E-state index contributed by atoms with van der Waals surface area (Å²) in [6.45, 7) is 6.52. The van der Waals surface area contributed by atoms with Gasteiger partial charge in [0.25, 0.3) is 0 Å². The standard InChI is InChI=1S/C17H24F3N/c1-16(2,3)12-8-4-6-10-14(12)21-15-11-7-5-9-13(15)17(18,19)20/h5,7,9,11-12,14,21H,4,6,8,10H2,1-3H3. The Morgan fingerprint density at radius 3 is 2.24 bits per heavy atom. The molecule has 1 saturated carbocycles. The van der Waals surface area contributed by atoms with Crippen LogP contribution in [0.1, 0.15) is 52.0 Å². The number of anilines is 1. The smallest absolute Gasteiger partial charge is 0.382 e. The molecule has 4 heteroatoms. The zero-order chi connectivity index (χ0) is 15.7. The van der Waals surface area contributed by atoms with Crippen LogP contribution in [0, 0.1) is 11.3 Å². The molecule has 2 atom stereocenters. The van der Waals surface area contributed by atoms with E-state index < -0.39 is 11.7 Å². The molecule has 0 spiro atoms. The number of alkyl halides is 3. The maximum Gasteiger partial charge on any atom is 0.418 e. The Morgan fingerprint density at radius 2 is 1.62 bits per heavy atom. The summed E-state index contributed by atoms with van der Waals surface area (Å²) in [5.74, 6) is 0.396. The molecule has 0 amide bonds. The van der Waals surface area contributed by atoms with Gasteiger partial charge in [0.05, 0.1) is 5.56 Å². The Labute approximate surface area is 124 Å². The van der Waals surface area contributed by atoms with E-state index in [1.54, 1.807) is 6.07 Å². The quantitative estimate of drug-likeness (QED) is 0.736. The number of para-hydroxylation sites is 1. The summed E-state index contributed by atoms with van der Waals surface area (Å²) >= 11 is 0. The van der Waals surface area contributed by atoms with Crippen LogP contribution in [0.4, 0.5) is 18.9 Å². The van der Waals surface area contributed by atoms with Gasteiger partial charge in [-0.2, -0.15) is 13.2 Å². The fourth-order valence-corrected chi connectivity index (χ4v) is 3.40. The Bertz CT molecular complexity index is 474. The minimum absolute atomic E-state index is 0.102. The van der Waals surface area contributed by atoms with Gasteiger partial charge in [0.2, 0.25) is 0 Å². The number of halogens is 3. The fourth-order valence-electron chi connectivity index (χ4n) is 3.40. The van der Waals surface area contributed by atoms with Crippen LogP contribution in [-0.2, 0) is 6.18 Å². The Morgan fingerprint density at radius 1 is 1.00 bits per heavy atom. The van der Waals surface area contributed by atoms with Crippen LogP contribution in [-0.4, -0.2) is 6.04 Å². The molecule has 21 heavy (non-hydrogen) atoms. The largest absolute Gasteiger partial charge is 0.418 e. The summed E-state index contributed by atoms with van der Waals surface area (Å²) in [6, 6.07) is 5.90. The van der Waals surface area contributed by atoms with Crippen molar-refractivity contribution >= 4 is 5.69 Å². The molecule has 0 bridgehead atoms. The van der Waals surface area contributed by atoms with Crippen molar-refractivity contribution in [3.05, 3.63) is 29.8 Å². The summed E-state index contributed by atoms with van der Waals surface area (Å²) in [5.41, 5.74) is -0.250. The van der Waals surface area contributed by atoms with Crippen LogP contribution in [0.15, 0.2) is 24.3 Å². The SMILES string of the molecule is CC(C)(C)C1CCCCC1Nc1ccccc1C(F)(F)F. The average molecular weight is 299 g/mol. The van der Waals surface area contributed by atoms with Crippen molar-refractivity contribution in [3.63, 3.8) is 0 Å². The maximum atomic E-state index is 13.1. The zero-order valence-corrected chi connectivity index (χ0v) is 12.9. The van der Waals surface area contributed by atoms with Crippen LogP contribution in [0.25, 0.3) is 0 Å². The highest BCUT2D eigenvalue weighted by atomic mass is 19.4. The van der Waals surface area contributed by atoms with Gasteiger partial charge >= 0.3 is 6.18 Å². The van der Waals surface area contributed by atoms with E-state index in [1.165, 1.54) is 18.6 Å². The first-order chi connectivity index (χ1) is 9.69. The van der Waals surface area contributed by atoms with Crippen molar-refractivity contribution in [2.75, 3.05) is 5.32 Å². The molecule has 0 aliphatic heterocycles. The molecule has 0 radical (unpaired) electrons. The number of benzene rings is 1. The topological polar surface area (TPSA) is 12.0 Å². The Hall–Kier alpha value is -1.19. The van der Waals surface area contributed by atoms with Crippen LogP contribution >= 0.6 is 0 Å². The molecule has 118 valence electrons.